The third-order valence-corrected chi connectivity index (χ3v) is 5.38. The first-order chi connectivity index (χ1) is 12.7. The molecule has 3 rings (SSSR count). The molecule has 27 heavy (non-hydrogen) atoms. The number of carbonyl (C=O) groups is 1. The molecule has 1 fully saturated rings. The summed E-state index contributed by atoms with van der Waals surface area (Å²) in [4.78, 5) is 31.0. The van der Waals surface area contributed by atoms with E-state index in [1.54, 1.807) is 18.2 Å². The number of amides is 1. The number of aromatic nitrogens is 2. The van der Waals surface area contributed by atoms with E-state index in [9.17, 15) is 14.0 Å². The van der Waals surface area contributed by atoms with Crippen LogP contribution >= 0.6 is 0 Å². The van der Waals surface area contributed by atoms with Gasteiger partial charge in [-0.25, -0.2) is 9.18 Å². The predicted molar refractivity (Wildman–Crippen MR) is 102 cm³/mol. The minimum atomic E-state index is -0.544. The highest BCUT2D eigenvalue weighted by Gasteiger charge is 2.38. The molecule has 0 bridgehead atoms. The Morgan fingerprint density at radius 3 is 2.56 bits per heavy atom. The van der Waals surface area contributed by atoms with Crippen LogP contribution in [0.3, 0.4) is 0 Å². The number of hydrogen-bond acceptors (Lipinski definition) is 3. The highest BCUT2D eigenvalue weighted by Crippen LogP contribution is 2.41. The zero-order valence-corrected chi connectivity index (χ0v) is 16.1. The lowest BCUT2D eigenvalue weighted by molar-refractivity contribution is 0.0937. The fourth-order valence-electron chi connectivity index (χ4n) is 3.80. The van der Waals surface area contributed by atoms with Gasteiger partial charge in [-0.1, -0.05) is 51.8 Å². The number of rotatable bonds is 4. The molecule has 6 heteroatoms. The van der Waals surface area contributed by atoms with Crippen LogP contribution in [0.15, 0.2) is 35.1 Å². The molecule has 0 aliphatic heterocycles. The molecule has 0 saturated heterocycles. The Morgan fingerprint density at radius 2 is 1.93 bits per heavy atom. The maximum Gasteiger partial charge on any atom is 0.345 e. The lowest BCUT2D eigenvalue weighted by Crippen LogP contribution is -2.40. The third kappa shape index (κ3) is 4.10. The molecule has 0 unspecified atom stereocenters. The second-order valence-electron chi connectivity index (χ2n) is 8.39. The summed E-state index contributed by atoms with van der Waals surface area (Å²) >= 11 is 0. The Bertz CT molecular complexity index is 893. The van der Waals surface area contributed by atoms with Crippen molar-refractivity contribution in [1.29, 1.82) is 0 Å². The fraction of sp³-hybridized carbons (Fsp3) is 0.476. The summed E-state index contributed by atoms with van der Waals surface area (Å²) < 4.78 is 14.4. The number of aromatic amines is 1. The smallest absolute Gasteiger partial charge is 0.345 e. The van der Waals surface area contributed by atoms with Gasteiger partial charge in [0.15, 0.2) is 0 Å². The summed E-state index contributed by atoms with van der Waals surface area (Å²) in [7, 11) is 0. The maximum absolute atomic E-state index is 14.4. The zero-order chi connectivity index (χ0) is 19.7. The molecule has 1 aromatic heterocycles. The van der Waals surface area contributed by atoms with Gasteiger partial charge in [0, 0.05) is 23.1 Å². The van der Waals surface area contributed by atoms with Crippen LogP contribution in [0.25, 0.3) is 0 Å². The van der Waals surface area contributed by atoms with Crippen LogP contribution in [0.4, 0.5) is 4.39 Å². The van der Waals surface area contributed by atoms with E-state index in [2.05, 4.69) is 15.3 Å². The molecule has 5 nitrogen and oxygen atoms in total. The molecule has 1 heterocycles. The van der Waals surface area contributed by atoms with E-state index >= 15 is 0 Å². The Balaban J connectivity index is 1.83. The van der Waals surface area contributed by atoms with E-state index in [4.69, 9.17) is 0 Å². The van der Waals surface area contributed by atoms with E-state index in [-0.39, 0.29) is 16.9 Å². The van der Waals surface area contributed by atoms with Crippen molar-refractivity contribution < 1.29 is 9.18 Å². The summed E-state index contributed by atoms with van der Waals surface area (Å²) in [5.74, 6) is -0.646. The highest BCUT2D eigenvalue weighted by atomic mass is 19.1. The first kappa shape index (κ1) is 19.3. The average molecular weight is 371 g/mol. The van der Waals surface area contributed by atoms with Crippen molar-refractivity contribution in [1.82, 2.24) is 15.3 Å². The molecule has 0 radical (unpaired) electrons. The van der Waals surface area contributed by atoms with Crippen LogP contribution in [0.2, 0.25) is 0 Å². The van der Waals surface area contributed by atoms with Crippen LogP contribution < -0.4 is 11.0 Å². The molecular formula is C21H26FN3O2. The Labute approximate surface area is 158 Å². The molecule has 1 saturated carbocycles. The van der Waals surface area contributed by atoms with Crippen LogP contribution in [0, 0.1) is 5.82 Å². The van der Waals surface area contributed by atoms with E-state index in [0.717, 1.165) is 25.7 Å². The van der Waals surface area contributed by atoms with Gasteiger partial charge in [-0.15, -0.1) is 0 Å². The number of nitrogens with zero attached hydrogens (tertiary/aromatic N) is 1. The SMILES string of the molecule is CC(C)(C)c1cc(C(=O)NCC2(c3ccccc3F)CCCC2)nc(=O)[nH]1. The number of hydrogen-bond donors (Lipinski definition) is 2. The van der Waals surface area contributed by atoms with Gasteiger partial charge in [-0.2, -0.15) is 4.98 Å². The second-order valence-corrected chi connectivity index (χ2v) is 8.39. The fourth-order valence-corrected chi connectivity index (χ4v) is 3.80. The topological polar surface area (TPSA) is 74.8 Å². The van der Waals surface area contributed by atoms with Crippen LogP contribution in [0.1, 0.15) is 68.2 Å². The van der Waals surface area contributed by atoms with E-state index in [0.29, 0.717) is 17.8 Å². The van der Waals surface area contributed by atoms with Gasteiger partial charge in [0.25, 0.3) is 5.91 Å². The van der Waals surface area contributed by atoms with Crippen molar-refractivity contribution in [3.63, 3.8) is 0 Å². The van der Waals surface area contributed by atoms with Gasteiger partial charge in [-0.3, -0.25) is 4.79 Å². The van der Waals surface area contributed by atoms with Gasteiger partial charge in [0.2, 0.25) is 0 Å². The summed E-state index contributed by atoms with van der Waals surface area (Å²) in [6.07, 6.45) is 3.65. The van der Waals surface area contributed by atoms with Crippen LogP contribution in [0.5, 0.6) is 0 Å². The average Bonchev–Trinajstić information content (AvgIpc) is 3.08. The van der Waals surface area contributed by atoms with E-state index in [1.165, 1.54) is 6.07 Å². The lowest BCUT2D eigenvalue weighted by atomic mass is 9.78. The summed E-state index contributed by atoms with van der Waals surface area (Å²) in [5.41, 5.74) is 0.128. The minimum absolute atomic E-state index is 0.0883. The van der Waals surface area contributed by atoms with Gasteiger partial charge in [-0.05, 0) is 30.5 Å². The van der Waals surface area contributed by atoms with Gasteiger partial charge >= 0.3 is 5.69 Å². The lowest BCUT2D eigenvalue weighted by Gasteiger charge is -2.30. The van der Waals surface area contributed by atoms with Gasteiger partial charge in [0.1, 0.15) is 11.5 Å². The van der Waals surface area contributed by atoms with Crippen molar-refractivity contribution in [2.75, 3.05) is 6.54 Å². The zero-order valence-electron chi connectivity index (χ0n) is 16.1. The molecule has 1 amide bonds. The van der Waals surface area contributed by atoms with Gasteiger partial charge < -0.3 is 10.3 Å². The first-order valence-corrected chi connectivity index (χ1v) is 9.36. The Morgan fingerprint density at radius 1 is 1.26 bits per heavy atom. The number of H-pyrrole nitrogens is 1. The Kier molecular flexibility index (Phi) is 5.18. The quantitative estimate of drug-likeness (QED) is 0.864. The number of halogens is 1. The van der Waals surface area contributed by atoms with Crippen LogP contribution in [-0.2, 0) is 10.8 Å². The number of carbonyl (C=O) groups excluding carboxylic acids is 1. The Hall–Kier alpha value is -2.50. The molecular weight excluding hydrogens is 345 g/mol. The molecule has 0 atom stereocenters. The standard InChI is InChI=1S/C21H26FN3O2/c1-20(2,3)17-12-16(24-19(27)25-17)18(26)23-13-21(10-6-7-11-21)14-8-4-5-9-15(14)22/h4-5,8-9,12H,6-7,10-11,13H2,1-3H3,(H,23,26)(H,24,25,27). The molecule has 1 aliphatic carbocycles. The third-order valence-electron chi connectivity index (χ3n) is 5.38. The molecule has 2 N–H and O–H groups in total. The summed E-state index contributed by atoms with van der Waals surface area (Å²) in [6, 6.07) is 8.38. The largest absolute Gasteiger partial charge is 0.350 e. The highest BCUT2D eigenvalue weighted by molar-refractivity contribution is 5.92. The molecule has 1 aromatic carbocycles. The predicted octanol–water partition coefficient (Wildman–Crippen LogP) is 3.45. The second kappa shape index (κ2) is 7.25. The molecule has 1 aliphatic rings. The van der Waals surface area contributed by atoms with Crippen molar-refractivity contribution in [3.05, 3.63) is 63.6 Å². The van der Waals surface area contributed by atoms with E-state index in [1.807, 2.05) is 26.8 Å². The minimum Gasteiger partial charge on any atom is -0.350 e. The monoisotopic (exact) mass is 371 g/mol. The first-order valence-electron chi connectivity index (χ1n) is 9.36. The normalized spacial score (nSPS) is 16.3. The molecule has 2 aromatic rings. The summed E-state index contributed by atoms with van der Waals surface area (Å²) in [5, 5.41) is 2.89. The number of nitrogens with one attached hydrogen (secondary N) is 2. The van der Waals surface area contributed by atoms with Gasteiger partial charge in [0.05, 0.1) is 0 Å². The van der Waals surface area contributed by atoms with E-state index < -0.39 is 17.0 Å². The molecule has 144 valence electrons. The van der Waals surface area contributed by atoms with Crippen molar-refractivity contribution in [2.45, 2.75) is 57.3 Å². The summed E-state index contributed by atoms with van der Waals surface area (Å²) in [6.45, 7) is 6.18. The maximum atomic E-state index is 14.4. The number of benzene rings is 1. The van der Waals surface area contributed by atoms with Crippen molar-refractivity contribution in [2.24, 2.45) is 0 Å². The van der Waals surface area contributed by atoms with Crippen molar-refractivity contribution in [3.8, 4) is 0 Å². The molecule has 0 spiro atoms. The van der Waals surface area contributed by atoms with Crippen LogP contribution in [-0.4, -0.2) is 22.4 Å². The van der Waals surface area contributed by atoms with Crippen molar-refractivity contribution >= 4 is 5.91 Å².